The van der Waals surface area contributed by atoms with E-state index in [0.717, 1.165) is 51.4 Å². The summed E-state index contributed by atoms with van der Waals surface area (Å²) < 4.78 is 1.76. The molecule has 0 aliphatic rings. The van der Waals surface area contributed by atoms with Gasteiger partial charge in [-0.3, -0.25) is 0 Å². The van der Waals surface area contributed by atoms with Crippen LogP contribution in [0, 0.1) is 3.95 Å². The zero-order valence-electron chi connectivity index (χ0n) is 12.8. The van der Waals surface area contributed by atoms with Gasteiger partial charge in [-0.1, -0.05) is 11.6 Å². The minimum atomic E-state index is -0.202. The first-order valence-electron chi connectivity index (χ1n) is 7.61. The molecule has 2 aromatic heterocycles. The number of rotatable bonds is 7. The molecule has 0 fully saturated rings. The highest BCUT2D eigenvalue weighted by Gasteiger charge is 2.04. The van der Waals surface area contributed by atoms with Gasteiger partial charge in [0, 0.05) is 18.7 Å². The van der Waals surface area contributed by atoms with Crippen molar-refractivity contribution in [2.75, 3.05) is 11.9 Å². The number of unbranched alkanes of at least 4 members (excludes halogenated alkanes) is 2. The molecule has 0 unspecified atom stereocenters. The quantitative estimate of drug-likeness (QED) is 0.381. The van der Waals surface area contributed by atoms with E-state index < -0.39 is 0 Å². The van der Waals surface area contributed by atoms with Gasteiger partial charge in [-0.05, 0) is 43.3 Å². The number of fused-ring (bicyclic) bond motifs is 1. The summed E-state index contributed by atoms with van der Waals surface area (Å²) in [7, 11) is 0. The van der Waals surface area contributed by atoms with Gasteiger partial charge < -0.3 is 15.6 Å². The molecule has 126 valence electrons. The molecule has 8 nitrogen and oxygen atoms in total. The van der Waals surface area contributed by atoms with Gasteiger partial charge in [-0.15, -0.1) is 21.5 Å². The number of carbonyl (C=O) groups is 1. The number of aromatic amines is 2. The van der Waals surface area contributed by atoms with Crippen molar-refractivity contribution in [1.82, 2.24) is 30.9 Å². The Hall–Kier alpha value is -2.33. The van der Waals surface area contributed by atoms with Gasteiger partial charge in [0.2, 0.25) is 0 Å². The number of thiazole rings is 1. The highest BCUT2D eigenvalue weighted by molar-refractivity contribution is 7.73. The Kier molecular flexibility index (Phi) is 5.49. The van der Waals surface area contributed by atoms with Crippen LogP contribution in [-0.4, -0.2) is 38.2 Å². The molecule has 0 spiro atoms. The Morgan fingerprint density at radius 1 is 1.29 bits per heavy atom. The monoisotopic (exact) mass is 363 g/mol. The lowest BCUT2D eigenvalue weighted by Gasteiger charge is -2.07. The number of hydrogen-bond acceptors (Lipinski definition) is 6. The van der Waals surface area contributed by atoms with Crippen molar-refractivity contribution in [2.24, 2.45) is 0 Å². The number of hydrogen-bond donors (Lipinski definition) is 4. The molecule has 0 saturated heterocycles. The first-order valence-corrected chi connectivity index (χ1v) is 8.83. The van der Waals surface area contributed by atoms with Crippen molar-refractivity contribution >= 4 is 45.5 Å². The predicted octanol–water partition coefficient (Wildman–Crippen LogP) is 3.01. The van der Waals surface area contributed by atoms with Crippen molar-refractivity contribution in [2.45, 2.75) is 25.7 Å². The van der Waals surface area contributed by atoms with Gasteiger partial charge in [-0.2, -0.15) is 5.21 Å². The second-order valence-electron chi connectivity index (χ2n) is 5.25. The second kappa shape index (κ2) is 7.97. The second-order valence-corrected chi connectivity index (χ2v) is 6.96. The van der Waals surface area contributed by atoms with Gasteiger partial charge in [-0.25, -0.2) is 4.79 Å². The highest BCUT2D eigenvalue weighted by Crippen LogP contribution is 2.23. The van der Waals surface area contributed by atoms with Gasteiger partial charge in [0.25, 0.3) is 0 Å². The number of aryl methyl sites for hydroxylation is 1. The van der Waals surface area contributed by atoms with Crippen molar-refractivity contribution in [3.05, 3.63) is 28.0 Å². The fourth-order valence-electron chi connectivity index (χ4n) is 2.27. The number of amides is 2. The highest BCUT2D eigenvalue weighted by atomic mass is 32.1. The third-order valence-corrected chi connectivity index (χ3v) is 4.63. The Balaban J connectivity index is 1.36. The van der Waals surface area contributed by atoms with Crippen LogP contribution in [0.2, 0.25) is 0 Å². The van der Waals surface area contributed by atoms with Gasteiger partial charge in [0.15, 0.2) is 9.78 Å². The van der Waals surface area contributed by atoms with E-state index in [0.29, 0.717) is 6.54 Å². The van der Waals surface area contributed by atoms with E-state index in [2.05, 4.69) is 36.2 Å². The van der Waals surface area contributed by atoms with E-state index in [1.807, 2.05) is 18.2 Å². The van der Waals surface area contributed by atoms with Crippen LogP contribution in [0.1, 0.15) is 25.1 Å². The van der Waals surface area contributed by atoms with E-state index in [1.165, 1.54) is 11.3 Å². The third kappa shape index (κ3) is 4.59. The van der Waals surface area contributed by atoms with Crippen LogP contribution in [0.4, 0.5) is 10.5 Å². The number of carbonyl (C=O) groups excluding carboxylic acids is 1. The molecule has 0 aliphatic carbocycles. The third-order valence-electron chi connectivity index (χ3n) is 3.43. The number of urea groups is 1. The average molecular weight is 363 g/mol. The standard InChI is InChI=1S/C14H17N7OS2/c22-13(15-7-3-1-2-4-12-18-20-21-19-12)16-9-5-6-10-11(8-9)24-14(23)17-10/h5-6,8H,1-4,7H2,(H,17,23)(H2,15,16,22)(H,18,19,20,21). The van der Waals surface area contributed by atoms with Crippen LogP contribution in [0.3, 0.4) is 0 Å². The summed E-state index contributed by atoms with van der Waals surface area (Å²) in [5.74, 6) is 0.726. The predicted molar refractivity (Wildman–Crippen MR) is 95.8 cm³/mol. The molecule has 10 heteroatoms. The summed E-state index contributed by atoms with van der Waals surface area (Å²) in [6, 6.07) is 5.48. The van der Waals surface area contributed by atoms with Crippen LogP contribution in [0.5, 0.6) is 0 Å². The molecule has 0 saturated carbocycles. The lowest BCUT2D eigenvalue weighted by Crippen LogP contribution is -2.29. The van der Waals surface area contributed by atoms with Crippen LogP contribution in [0.15, 0.2) is 18.2 Å². The van der Waals surface area contributed by atoms with Crippen LogP contribution < -0.4 is 10.6 Å². The van der Waals surface area contributed by atoms with E-state index in [1.54, 1.807) is 0 Å². The zero-order chi connectivity index (χ0) is 16.8. The fourth-order valence-corrected chi connectivity index (χ4v) is 3.43. The lowest BCUT2D eigenvalue weighted by molar-refractivity contribution is 0.252. The molecule has 1 aromatic carbocycles. The van der Waals surface area contributed by atoms with Crippen molar-refractivity contribution in [3.8, 4) is 0 Å². The normalized spacial score (nSPS) is 10.8. The SMILES string of the molecule is O=C(NCCCCCc1nn[nH]n1)Nc1ccc2[nH]c(=S)sc2c1. The molecule has 0 atom stereocenters. The van der Waals surface area contributed by atoms with Gasteiger partial charge >= 0.3 is 6.03 Å². The molecule has 3 rings (SSSR count). The minimum Gasteiger partial charge on any atom is -0.338 e. The first kappa shape index (κ1) is 16.5. The molecule has 2 amide bonds. The largest absolute Gasteiger partial charge is 0.338 e. The number of tetrazole rings is 1. The molecule has 4 N–H and O–H groups in total. The topological polar surface area (TPSA) is 111 Å². The van der Waals surface area contributed by atoms with Gasteiger partial charge in [0.05, 0.1) is 10.2 Å². The van der Waals surface area contributed by atoms with Crippen molar-refractivity contribution in [1.29, 1.82) is 0 Å². The summed E-state index contributed by atoms with van der Waals surface area (Å²) >= 11 is 6.60. The molecule has 0 radical (unpaired) electrons. The molecule has 3 aromatic rings. The lowest BCUT2D eigenvalue weighted by atomic mass is 10.2. The summed E-state index contributed by atoms with van der Waals surface area (Å²) in [6.07, 6.45) is 3.67. The van der Waals surface area contributed by atoms with Crippen LogP contribution in [0.25, 0.3) is 10.2 Å². The van der Waals surface area contributed by atoms with Crippen molar-refractivity contribution in [3.63, 3.8) is 0 Å². The number of aromatic nitrogens is 5. The molecule has 24 heavy (non-hydrogen) atoms. The Morgan fingerprint density at radius 2 is 2.21 bits per heavy atom. The smallest absolute Gasteiger partial charge is 0.319 e. The number of H-pyrrole nitrogens is 2. The van der Waals surface area contributed by atoms with E-state index in [-0.39, 0.29) is 6.03 Å². The number of anilines is 1. The van der Waals surface area contributed by atoms with E-state index in [9.17, 15) is 4.79 Å². The maximum absolute atomic E-state index is 11.9. The van der Waals surface area contributed by atoms with E-state index in [4.69, 9.17) is 12.2 Å². The van der Waals surface area contributed by atoms with E-state index >= 15 is 0 Å². The van der Waals surface area contributed by atoms with Gasteiger partial charge in [0.1, 0.15) is 0 Å². The molecule has 0 aliphatic heterocycles. The molecule has 0 bridgehead atoms. The zero-order valence-corrected chi connectivity index (χ0v) is 14.5. The molecule has 2 heterocycles. The number of nitrogens with one attached hydrogen (secondary N) is 4. The van der Waals surface area contributed by atoms with Crippen LogP contribution in [-0.2, 0) is 6.42 Å². The first-order chi connectivity index (χ1) is 11.7. The molecular formula is C14H17N7OS2. The van der Waals surface area contributed by atoms with Crippen molar-refractivity contribution < 1.29 is 4.79 Å². The maximum atomic E-state index is 11.9. The number of benzene rings is 1. The Bertz CT molecular complexity index is 856. The van der Waals surface area contributed by atoms with Crippen LogP contribution >= 0.6 is 23.6 Å². The summed E-state index contributed by atoms with van der Waals surface area (Å²) in [5.41, 5.74) is 1.74. The summed E-state index contributed by atoms with van der Waals surface area (Å²) in [4.78, 5) is 15.0. The Morgan fingerprint density at radius 3 is 3.04 bits per heavy atom. The minimum absolute atomic E-state index is 0.202. The maximum Gasteiger partial charge on any atom is 0.319 e. The molecular weight excluding hydrogens is 346 g/mol. The summed E-state index contributed by atoms with van der Waals surface area (Å²) in [6.45, 7) is 0.628. The number of nitrogens with zero attached hydrogens (tertiary/aromatic N) is 3. The average Bonchev–Trinajstić information content (AvgIpc) is 3.18. The Labute approximate surface area is 147 Å². The fraction of sp³-hybridized carbons (Fsp3) is 0.357. The summed E-state index contributed by atoms with van der Waals surface area (Å²) in [5, 5.41) is 19.4.